The molecule has 0 radical (unpaired) electrons. The summed E-state index contributed by atoms with van der Waals surface area (Å²) in [5.74, 6) is 0. The van der Waals surface area contributed by atoms with E-state index in [4.69, 9.17) is 9.47 Å². The predicted molar refractivity (Wildman–Crippen MR) is 57.9 cm³/mol. The molecule has 14 heavy (non-hydrogen) atoms. The molecule has 0 bridgehead atoms. The van der Waals surface area contributed by atoms with Crippen LogP contribution in [0.25, 0.3) is 5.57 Å². The monoisotopic (exact) mass is 192 g/mol. The van der Waals surface area contributed by atoms with Gasteiger partial charge >= 0.3 is 0 Å². The van der Waals surface area contributed by atoms with Crippen LogP contribution in [-0.2, 0) is 9.47 Å². The van der Waals surface area contributed by atoms with Crippen LogP contribution in [0.1, 0.15) is 24.3 Å². The SMILES string of the molecule is C=C(C)c1ccc(C(OC)OC)cc1. The van der Waals surface area contributed by atoms with E-state index >= 15 is 0 Å². The minimum Gasteiger partial charge on any atom is -0.352 e. The van der Waals surface area contributed by atoms with Gasteiger partial charge in [-0.2, -0.15) is 0 Å². The first-order valence-corrected chi connectivity index (χ1v) is 4.50. The maximum absolute atomic E-state index is 5.14. The average molecular weight is 192 g/mol. The van der Waals surface area contributed by atoms with Crippen molar-refractivity contribution in [1.29, 1.82) is 0 Å². The lowest BCUT2D eigenvalue weighted by atomic mass is 10.1. The second-order valence-corrected chi connectivity index (χ2v) is 3.21. The number of methoxy groups -OCH3 is 2. The van der Waals surface area contributed by atoms with E-state index < -0.39 is 0 Å². The van der Waals surface area contributed by atoms with E-state index in [2.05, 4.69) is 6.58 Å². The summed E-state index contributed by atoms with van der Waals surface area (Å²) in [6.07, 6.45) is -0.283. The Balaban J connectivity index is 2.87. The Hall–Kier alpha value is -1.12. The van der Waals surface area contributed by atoms with Gasteiger partial charge in [0.2, 0.25) is 0 Å². The van der Waals surface area contributed by atoms with Crippen LogP contribution >= 0.6 is 0 Å². The highest BCUT2D eigenvalue weighted by Gasteiger charge is 2.07. The van der Waals surface area contributed by atoms with Crippen LogP contribution in [0.2, 0.25) is 0 Å². The van der Waals surface area contributed by atoms with Gasteiger partial charge < -0.3 is 9.47 Å². The molecule has 0 aliphatic rings. The van der Waals surface area contributed by atoms with E-state index in [1.807, 2.05) is 31.2 Å². The molecule has 0 saturated carbocycles. The van der Waals surface area contributed by atoms with E-state index in [9.17, 15) is 0 Å². The highest BCUT2D eigenvalue weighted by molar-refractivity contribution is 5.61. The van der Waals surface area contributed by atoms with Gasteiger partial charge in [-0.1, -0.05) is 36.4 Å². The summed E-state index contributed by atoms with van der Waals surface area (Å²) in [7, 11) is 3.25. The number of hydrogen-bond acceptors (Lipinski definition) is 2. The van der Waals surface area contributed by atoms with Crippen LogP contribution in [0.4, 0.5) is 0 Å². The molecular weight excluding hydrogens is 176 g/mol. The summed E-state index contributed by atoms with van der Waals surface area (Å²) in [6, 6.07) is 8.01. The molecular formula is C12H16O2. The van der Waals surface area contributed by atoms with Gasteiger partial charge in [0.25, 0.3) is 0 Å². The Morgan fingerprint density at radius 2 is 1.64 bits per heavy atom. The van der Waals surface area contributed by atoms with E-state index in [1.54, 1.807) is 14.2 Å². The van der Waals surface area contributed by atoms with Gasteiger partial charge in [0.15, 0.2) is 6.29 Å². The van der Waals surface area contributed by atoms with Crippen molar-refractivity contribution in [2.45, 2.75) is 13.2 Å². The Labute approximate surface area is 85.2 Å². The standard InChI is InChI=1S/C12H16O2/c1-9(2)10-5-7-11(8-6-10)12(13-3)14-4/h5-8,12H,1H2,2-4H3. The zero-order valence-corrected chi connectivity index (χ0v) is 8.91. The lowest BCUT2D eigenvalue weighted by Crippen LogP contribution is -2.03. The summed E-state index contributed by atoms with van der Waals surface area (Å²) in [6.45, 7) is 5.86. The Kier molecular flexibility index (Phi) is 3.86. The first-order chi connectivity index (χ1) is 6.69. The molecule has 0 unspecified atom stereocenters. The molecule has 1 aromatic rings. The number of rotatable bonds is 4. The van der Waals surface area contributed by atoms with E-state index in [0.717, 1.165) is 16.7 Å². The summed E-state index contributed by atoms with van der Waals surface area (Å²) in [5, 5.41) is 0. The molecule has 0 amide bonds. The molecule has 0 aromatic heterocycles. The van der Waals surface area contributed by atoms with E-state index in [-0.39, 0.29) is 6.29 Å². The minimum atomic E-state index is -0.283. The van der Waals surface area contributed by atoms with Crippen LogP contribution in [0, 0.1) is 0 Å². The lowest BCUT2D eigenvalue weighted by Gasteiger charge is -2.13. The van der Waals surface area contributed by atoms with Gasteiger partial charge in [-0.3, -0.25) is 0 Å². The highest BCUT2D eigenvalue weighted by atomic mass is 16.7. The van der Waals surface area contributed by atoms with E-state index in [0.29, 0.717) is 0 Å². The van der Waals surface area contributed by atoms with Crippen molar-refractivity contribution in [2.24, 2.45) is 0 Å². The van der Waals surface area contributed by atoms with Gasteiger partial charge in [-0.25, -0.2) is 0 Å². The molecule has 76 valence electrons. The minimum absolute atomic E-state index is 0.283. The van der Waals surface area contributed by atoms with Crippen molar-refractivity contribution in [3.05, 3.63) is 42.0 Å². The fourth-order valence-corrected chi connectivity index (χ4v) is 1.29. The first kappa shape index (κ1) is 11.0. The van der Waals surface area contributed by atoms with Crippen LogP contribution in [0.3, 0.4) is 0 Å². The van der Waals surface area contributed by atoms with Gasteiger partial charge in [0.1, 0.15) is 0 Å². The molecule has 2 nitrogen and oxygen atoms in total. The Bertz CT molecular complexity index is 297. The van der Waals surface area contributed by atoms with Gasteiger partial charge in [0.05, 0.1) is 0 Å². The van der Waals surface area contributed by atoms with Crippen molar-refractivity contribution in [3.8, 4) is 0 Å². The molecule has 0 atom stereocenters. The zero-order valence-electron chi connectivity index (χ0n) is 8.91. The third kappa shape index (κ3) is 2.44. The quantitative estimate of drug-likeness (QED) is 0.683. The molecule has 0 fully saturated rings. The van der Waals surface area contributed by atoms with Crippen molar-refractivity contribution < 1.29 is 9.47 Å². The molecule has 0 saturated heterocycles. The van der Waals surface area contributed by atoms with Crippen LogP contribution in [-0.4, -0.2) is 14.2 Å². The number of allylic oxidation sites excluding steroid dienone is 1. The third-order valence-electron chi connectivity index (χ3n) is 2.10. The topological polar surface area (TPSA) is 18.5 Å². The van der Waals surface area contributed by atoms with Gasteiger partial charge in [-0.05, 0) is 12.5 Å². The first-order valence-electron chi connectivity index (χ1n) is 4.50. The second-order valence-electron chi connectivity index (χ2n) is 3.21. The maximum Gasteiger partial charge on any atom is 0.183 e. The van der Waals surface area contributed by atoms with Crippen molar-refractivity contribution in [2.75, 3.05) is 14.2 Å². The normalized spacial score (nSPS) is 10.6. The zero-order chi connectivity index (χ0) is 10.6. The second kappa shape index (κ2) is 4.94. The summed E-state index contributed by atoms with van der Waals surface area (Å²) >= 11 is 0. The van der Waals surface area contributed by atoms with E-state index in [1.165, 1.54) is 0 Å². The van der Waals surface area contributed by atoms with Crippen LogP contribution in [0.15, 0.2) is 30.8 Å². The molecule has 1 rings (SSSR count). The fourth-order valence-electron chi connectivity index (χ4n) is 1.29. The largest absolute Gasteiger partial charge is 0.352 e. The number of benzene rings is 1. The third-order valence-corrected chi connectivity index (χ3v) is 2.10. The summed E-state index contributed by atoms with van der Waals surface area (Å²) in [5.41, 5.74) is 3.21. The number of ether oxygens (including phenoxy) is 2. The smallest absolute Gasteiger partial charge is 0.183 e. The van der Waals surface area contributed by atoms with Crippen molar-refractivity contribution in [1.82, 2.24) is 0 Å². The summed E-state index contributed by atoms with van der Waals surface area (Å²) in [4.78, 5) is 0. The van der Waals surface area contributed by atoms with Crippen LogP contribution in [0.5, 0.6) is 0 Å². The average Bonchev–Trinajstić information content (AvgIpc) is 2.20. The molecule has 0 N–H and O–H groups in total. The maximum atomic E-state index is 5.14. The highest BCUT2D eigenvalue weighted by Crippen LogP contribution is 2.19. The summed E-state index contributed by atoms with van der Waals surface area (Å²) < 4.78 is 10.3. The fraction of sp³-hybridized carbons (Fsp3) is 0.333. The lowest BCUT2D eigenvalue weighted by molar-refractivity contribution is -0.106. The molecule has 2 heteroatoms. The molecule has 1 aromatic carbocycles. The molecule has 0 spiro atoms. The molecule has 0 heterocycles. The van der Waals surface area contributed by atoms with Crippen molar-refractivity contribution >= 4 is 5.57 Å². The number of hydrogen-bond donors (Lipinski definition) is 0. The van der Waals surface area contributed by atoms with Gasteiger partial charge in [0, 0.05) is 19.8 Å². The van der Waals surface area contributed by atoms with Gasteiger partial charge in [-0.15, -0.1) is 0 Å². The molecule has 0 aliphatic carbocycles. The predicted octanol–water partition coefficient (Wildman–Crippen LogP) is 3.01. The Morgan fingerprint density at radius 3 is 2.00 bits per heavy atom. The molecule has 0 aliphatic heterocycles. The van der Waals surface area contributed by atoms with Crippen molar-refractivity contribution in [3.63, 3.8) is 0 Å². The Morgan fingerprint density at radius 1 is 1.14 bits per heavy atom. The van der Waals surface area contributed by atoms with Crippen LogP contribution < -0.4 is 0 Å².